The van der Waals surface area contributed by atoms with Gasteiger partial charge in [0.1, 0.15) is 0 Å². The molecule has 0 radical (unpaired) electrons. The summed E-state index contributed by atoms with van der Waals surface area (Å²) < 4.78 is 0.890. The van der Waals surface area contributed by atoms with Crippen molar-refractivity contribution < 1.29 is 4.79 Å². The highest BCUT2D eigenvalue weighted by Gasteiger charge is 2.17. The van der Waals surface area contributed by atoms with Gasteiger partial charge in [0.05, 0.1) is 6.54 Å². The Morgan fingerprint density at radius 2 is 2.30 bits per heavy atom. The molecule has 1 fully saturated rings. The fourth-order valence-electron chi connectivity index (χ4n) is 2.57. The van der Waals surface area contributed by atoms with Crippen LogP contribution in [0.5, 0.6) is 0 Å². The molecule has 1 aliphatic rings. The summed E-state index contributed by atoms with van der Waals surface area (Å²) in [6.45, 7) is 5.16. The predicted octanol–water partition coefficient (Wildman–Crippen LogP) is 2.84. The van der Waals surface area contributed by atoms with Gasteiger partial charge in [0.15, 0.2) is 5.96 Å². The second-order valence-corrected chi connectivity index (χ2v) is 6.62. The third-order valence-corrected chi connectivity index (χ3v) is 4.23. The number of guanidine groups is 1. The molecule has 128 valence electrons. The number of hydrogen-bond donors (Lipinski definition) is 2. The van der Waals surface area contributed by atoms with Gasteiger partial charge in [0, 0.05) is 29.7 Å². The topological polar surface area (TPSA) is 70.7 Å². The maximum absolute atomic E-state index is 12.0. The molecule has 0 spiro atoms. The first-order chi connectivity index (χ1) is 10.6. The van der Waals surface area contributed by atoms with Crippen molar-refractivity contribution in [1.82, 2.24) is 10.2 Å². The molecule has 1 unspecified atom stereocenters. The average Bonchev–Trinajstić information content (AvgIpc) is 2.51. The normalized spacial score (nSPS) is 18.3. The van der Waals surface area contributed by atoms with E-state index in [0.29, 0.717) is 30.5 Å². The van der Waals surface area contributed by atoms with E-state index in [4.69, 9.17) is 5.73 Å². The van der Waals surface area contributed by atoms with Crippen molar-refractivity contribution in [2.45, 2.75) is 19.8 Å². The highest BCUT2D eigenvalue weighted by atomic mass is 127. The Balaban J connectivity index is 0.00000264. The van der Waals surface area contributed by atoms with Crippen molar-refractivity contribution in [3.8, 4) is 0 Å². The van der Waals surface area contributed by atoms with E-state index in [2.05, 4.69) is 38.1 Å². The van der Waals surface area contributed by atoms with E-state index in [1.807, 2.05) is 12.1 Å². The number of amides is 1. The van der Waals surface area contributed by atoms with E-state index in [1.54, 1.807) is 12.1 Å². The first-order valence-corrected chi connectivity index (χ1v) is 8.44. The van der Waals surface area contributed by atoms with Gasteiger partial charge in [-0.15, -0.1) is 24.0 Å². The first-order valence-electron chi connectivity index (χ1n) is 7.65. The zero-order valence-corrected chi connectivity index (χ0v) is 17.2. The van der Waals surface area contributed by atoms with Gasteiger partial charge in [-0.3, -0.25) is 9.79 Å². The molecule has 23 heavy (non-hydrogen) atoms. The van der Waals surface area contributed by atoms with Crippen LogP contribution in [0.2, 0.25) is 0 Å². The molecule has 1 aliphatic heterocycles. The second kappa shape index (κ2) is 10.1. The van der Waals surface area contributed by atoms with Crippen LogP contribution in [0.25, 0.3) is 0 Å². The summed E-state index contributed by atoms with van der Waals surface area (Å²) in [5.41, 5.74) is 6.65. The predicted molar refractivity (Wildman–Crippen MR) is 108 cm³/mol. The molecular weight excluding hydrogens is 471 g/mol. The van der Waals surface area contributed by atoms with E-state index in [9.17, 15) is 4.79 Å². The SMILES string of the molecule is CC1CCCN(C(N)=NCCNC(=O)c2cccc(Br)c2)C1.I. The Morgan fingerprint density at radius 1 is 1.52 bits per heavy atom. The van der Waals surface area contributed by atoms with Crippen molar-refractivity contribution in [1.29, 1.82) is 0 Å². The number of piperidine rings is 1. The average molecular weight is 495 g/mol. The standard InChI is InChI=1S/C16H23BrN4O.HI/c1-12-4-3-9-21(11-12)16(18)20-8-7-19-15(22)13-5-2-6-14(17)10-13;/h2,5-6,10,12H,3-4,7-9,11H2,1H3,(H2,18,20)(H,19,22);1H. The summed E-state index contributed by atoms with van der Waals surface area (Å²) in [6.07, 6.45) is 2.42. The molecule has 1 saturated heterocycles. The number of hydrogen-bond acceptors (Lipinski definition) is 2. The monoisotopic (exact) mass is 494 g/mol. The van der Waals surface area contributed by atoms with Gasteiger partial charge >= 0.3 is 0 Å². The van der Waals surface area contributed by atoms with Crippen LogP contribution in [0.1, 0.15) is 30.1 Å². The van der Waals surface area contributed by atoms with Crippen molar-refractivity contribution in [2.75, 3.05) is 26.2 Å². The lowest BCUT2D eigenvalue weighted by Gasteiger charge is -2.31. The fourth-order valence-corrected chi connectivity index (χ4v) is 2.97. The van der Waals surface area contributed by atoms with E-state index in [1.165, 1.54) is 6.42 Å². The number of aliphatic imine (C=N–C) groups is 1. The van der Waals surface area contributed by atoms with Gasteiger partial charge in [-0.1, -0.05) is 28.9 Å². The highest BCUT2D eigenvalue weighted by molar-refractivity contribution is 14.0. The molecule has 1 amide bonds. The summed E-state index contributed by atoms with van der Waals surface area (Å²) in [4.78, 5) is 18.5. The number of nitrogens with zero attached hydrogens (tertiary/aromatic N) is 2. The zero-order valence-electron chi connectivity index (χ0n) is 13.3. The van der Waals surface area contributed by atoms with E-state index < -0.39 is 0 Å². The number of halogens is 2. The van der Waals surface area contributed by atoms with Crippen molar-refractivity contribution in [3.05, 3.63) is 34.3 Å². The van der Waals surface area contributed by atoms with Crippen molar-refractivity contribution in [2.24, 2.45) is 16.6 Å². The summed E-state index contributed by atoms with van der Waals surface area (Å²) in [7, 11) is 0. The lowest BCUT2D eigenvalue weighted by molar-refractivity contribution is 0.0954. The Kier molecular flexibility index (Phi) is 8.90. The van der Waals surface area contributed by atoms with Gasteiger partial charge in [-0.2, -0.15) is 0 Å². The Morgan fingerprint density at radius 3 is 3.00 bits per heavy atom. The van der Waals surface area contributed by atoms with Crippen LogP contribution in [0.15, 0.2) is 33.7 Å². The minimum absolute atomic E-state index is 0. The summed E-state index contributed by atoms with van der Waals surface area (Å²) in [6, 6.07) is 7.31. The van der Waals surface area contributed by atoms with Crippen molar-refractivity contribution >= 4 is 51.8 Å². The van der Waals surface area contributed by atoms with Crippen molar-refractivity contribution in [3.63, 3.8) is 0 Å². The molecule has 7 heteroatoms. The van der Waals surface area contributed by atoms with Crippen LogP contribution in [0.4, 0.5) is 0 Å². The number of nitrogens with two attached hydrogens (primary N) is 1. The molecule has 1 atom stereocenters. The third-order valence-electron chi connectivity index (χ3n) is 3.74. The van der Waals surface area contributed by atoms with E-state index in [0.717, 1.165) is 24.0 Å². The minimum atomic E-state index is -0.0957. The maximum atomic E-state index is 12.0. The molecule has 1 aromatic rings. The Labute approximate surface area is 163 Å². The molecule has 0 aliphatic carbocycles. The Hall–Kier alpha value is -0.830. The molecule has 1 heterocycles. The molecule has 0 aromatic heterocycles. The van der Waals surface area contributed by atoms with Gasteiger partial charge in [-0.05, 0) is 37.0 Å². The number of nitrogens with one attached hydrogen (secondary N) is 1. The number of carbonyl (C=O) groups is 1. The maximum Gasteiger partial charge on any atom is 0.251 e. The largest absolute Gasteiger partial charge is 0.370 e. The van der Waals surface area contributed by atoms with Gasteiger partial charge in [-0.25, -0.2) is 0 Å². The van der Waals surface area contributed by atoms with Crippen LogP contribution >= 0.6 is 39.9 Å². The van der Waals surface area contributed by atoms with E-state index in [-0.39, 0.29) is 29.9 Å². The van der Waals surface area contributed by atoms with Crippen LogP contribution in [-0.2, 0) is 0 Å². The lowest BCUT2D eigenvalue weighted by Crippen LogP contribution is -2.43. The smallest absolute Gasteiger partial charge is 0.251 e. The number of likely N-dealkylation sites (tertiary alicyclic amines) is 1. The quantitative estimate of drug-likeness (QED) is 0.292. The zero-order chi connectivity index (χ0) is 15.9. The summed E-state index contributed by atoms with van der Waals surface area (Å²) in [5, 5.41) is 2.85. The molecule has 2 rings (SSSR count). The van der Waals surface area contributed by atoms with Gasteiger partial charge < -0.3 is 16.0 Å². The number of carbonyl (C=O) groups excluding carboxylic acids is 1. The first kappa shape index (κ1) is 20.2. The van der Waals surface area contributed by atoms with E-state index >= 15 is 0 Å². The fraction of sp³-hybridized carbons (Fsp3) is 0.500. The molecule has 0 saturated carbocycles. The molecule has 1 aromatic carbocycles. The summed E-state index contributed by atoms with van der Waals surface area (Å²) in [5.74, 6) is 1.16. The van der Waals surface area contributed by atoms with Gasteiger partial charge in [0.2, 0.25) is 0 Å². The molecule has 5 nitrogen and oxygen atoms in total. The number of rotatable bonds is 4. The van der Waals surface area contributed by atoms with Crippen LogP contribution in [0.3, 0.4) is 0 Å². The van der Waals surface area contributed by atoms with Gasteiger partial charge in [0.25, 0.3) is 5.91 Å². The lowest BCUT2D eigenvalue weighted by atomic mass is 10.0. The summed E-state index contributed by atoms with van der Waals surface area (Å²) >= 11 is 3.36. The molecule has 0 bridgehead atoms. The molecular formula is C16H24BrIN4O. The minimum Gasteiger partial charge on any atom is -0.370 e. The third kappa shape index (κ3) is 6.66. The van der Waals surface area contributed by atoms with Crippen LogP contribution in [0, 0.1) is 5.92 Å². The van der Waals surface area contributed by atoms with Crippen LogP contribution < -0.4 is 11.1 Å². The second-order valence-electron chi connectivity index (χ2n) is 5.70. The Bertz CT molecular complexity index is 553. The highest BCUT2D eigenvalue weighted by Crippen LogP contribution is 2.14. The number of benzene rings is 1. The van der Waals surface area contributed by atoms with Crippen LogP contribution in [-0.4, -0.2) is 42.9 Å². The molecule has 3 N–H and O–H groups in total.